The molecule has 1 heterocycles. The van der Waals surface area contributed by atoms with Crippen LogP contribution < -0.4 is 5.73 Å². The minimum atomic E-state index is 0.354. The Kier molecular flexibility index (Phi) is 2.21. The van der Waals surface area contributed by atoms with Gasteiger partial charge in [-0.3, -0.25) is 0 Å². The van der Waals surface area contributed by atoms with Crippen molar-refractivity contribution in [3.8, 4) is 10.6 Å². The van der Waals surface area contributed by atoms with Gasteiger partial charge in [-0.15, -0.1) is 0 Å². The first-order valence-electron chi connectivity index (χ1n) is 4.34. The van der Waals surface area contributed by atoms with E-state index >= 15 is 0 Å². The molecule has 0 fully saturated rings. The van der Waals surface area contributed by atoms with E-state index in [0.717, 1.165) is 10.6 Å². The van der Waals surface area contributed by atoms with Gasteiger partial charge in [-0.25, -0.2) is 0 Å². The molecule has 0 radical (unpaired) electrons. The molecule has 0 bridgehead atoms. The number of hydrogen-bond donors (Lipinski definition) is 1. The van der Waals surface area contributed by atoms with Crippen LogP contribution >= 0.6 is 11.5 Å². The monoisotopic (exact) mass is 205 g/mol. The Hall–Kier alpha value is -1.42. The Morgan fingerprint density at radius 3 is 2.36 bits per heavy atom. The molecule has 2 aromatic rings. The summed E-state index contributed by atoms with van der Waals surface area (Å²) in [5, 5.41) is 0.901. The Morgan fingerprint density at radius 1 is 1.21 bits per heavy atom. The molecule has 0 aliphatic heterocycles. The molecule has 0 saturated carbocycles. The maximum atomic E-state index is 5.50. The van der Waals surface area contributed by atoms with Crippen molar-refractivity contribution in [1.29, 1.82) is 0 Å². The summed E-state index contributed by atoms with van der Waals surface area (Å²) in [6.07, 6.45) is 0. The zero-order chi connectivity index (χ0) is 10.1. The van der Waals surface area contributed by atoms with E-state index in [-0.39, 0.29) is 0 Å². The number of nitrogens with two attached hydrogens (primary N) is 1. The van der Waals surface area contributed by atoms with E-state index in [0.29, 0.717) is 5.95 Å². The Balaban J connectivity index is 2.61. The third-order valence-corrected chi connectivity index (χ3v) is 2.88. The fourth-order valence-corrected chi connectivity index (χ4v) is 2.26. The number of rotatable bonds is 1. The summed E-state index contributed by atoms with van der Waals surface area (Å²) in [5.74, 6) is 0.354. The number of anilines is 1. The van der Waals surface area contributed by atoms with Crippen LogP contribution in [0.3, 0.4) is 0 Å². The molecular weight excluding hydrogens is 194 g/mol. The number of hydrogen-bond acceptors (Lipinski definition) is 4. The molecule has 3 nitrogen and oxygen atoms in total. The van der Waals surface area contributed by atoms with E-state index in [9.17, 15) is 0 Å². The minimum Gasteiger partial charge on any atom is -0.367 e. The van der Waals surface area contributed by atoms with Crippen LogP contribution in [0.25, 0.3) is 10.6 Å². The van der Waals surface area contributed by atoms with Gasteiger partial charge in [-0.05, 0) is 36.5 Å². The lowest BCUT2D eigenvalue weighted by atomic mass is 10.0. The first-order chi connectivity index (χ1) is 6.68. The first-order valence-corrected chi connectivity index (χ1v) is 5.11. The van der Waals surface area contributed by atoms with Crippen LogP contribution in [-0.2, 0) is 0 Å². The van der Waals surface area contributed by atoms with Gasteiger partial charge in [-0.1, -0.05) is 18.2 Å². The van der Waals surface area contributed by atoms with Crippen molar-refractivity contribution in [3.05, 3.63) is 29.3 Å². The maximum absolute atomic E-state index is 5.50. The van der Waals surface area contributed by atoms with Crippen LogP contribution in [0.5, 0.6) is 0 Å². The lowest BCUT2D eigenvalue weighted by Gasteiger charge is -2.04. The largest absolute Gasteiger partial charge is 0.367 e. The highest BCUT2D eigenvalue weighted by Crippen LogP contribution is 2.28. The van der Waals surface area contributed by atoms with Gasteiger partial charge < -0.3 is 5.73 Å². The van der Waals surface area contributed by atoms with Crippen molar-refractivity contribution in [3.63, 3.8) is 0 Å². The first kappa shape index (κ1) is 9.15. The molecule has 0 aliphatic carbocycles. The average molecular weight is 205 g/mol. The predicted octanol–water partition coefficient (Wildman–Crippen LogP) is 2.40. The zero-order valence-electron chi connectivity index (χ0n) is 8.11. The molecule has 0 atom stereocenters. The summed E-state index contributed by atoms with van der Waals surface area (Å²) in [7, 11) is 0. The number of nitrogens with zero attached hydrogens (tertiary/aromatic N) is 2. The summed E-state index contributed by atoms with van der Waals surface area (Å²) >= 11 is 1.34. The highest BCUT2D eigenvalue weighted by molar-refractivity contribution is 7.09. The lowest BCUT2D eigenvalue weighted by molar-refractivity contribution is 1.31. The molecule has 1 aromatic carbocycles. The predicted molar refractivity (Wildman–Crippen MR) is 59.2 cm³/mol. The normalized spacial score (nSPS) is 10.4. The van der Waals surface area contributed by atoms with Crippen molar-refractivity contribution < 1.29 is 0 Å². The van der Waals surface area contributed by atoms with Gasteiger partial charge >= 0.3 is 0 Å². The second-order valence-electron chi connectivity index (χ2n) is 3.22. The van der Waals surface area contributed by atoms with E-state index in [4.69, 9.17) is 5.73 Å². The Labute approximate surface area is 86.8 Å². The molecule has 1 aromatic heterocycles. The molecule has 0 amide bonds. The third kappa shape index (κ3) is 1.48. The topological polar surface area (TPSA) is 51.8 Å². The van der Waals surface area contributed by atoms with Crippen molar-refractivity contribution in [2.24, 2.45) is 0 Å². The maximum Gasteiger partial charge on any atom is 0.232 e. The van der Waals surface area contributed by atoms with Gasteiger partial charge in [0.15, 0.2) is 0 Å². The van der Waals surface area contributed by atoms with Gasteiger partial charge in [0.25, 0.3) is 0 Å². The van der Waals surface area contributed by atoms with Crippen LogP contribution in [-0.4, -0.2) is 9.36 Å². The van der Waals surface area contributed by atoms with Crippen molar-refractivity contribution in [1.82, 2.24) is 9.36 Å². The molecule has 72 valence electrons. The van der Waals surface area contributed by atoms with Crippen LogP contribution in [0, 0.1) is 13.8 Å². The number of nitrogen functional groups attached to an aromatic ring is 1. The van der Waals surface area contributed by atoms with Crippen molar-refractivity contribution in [2.75, 3.05) is 5.73 Å². The third-order valence-electron chi connectivity index (χ3n) is 2.14. The van der Waals surface area contributed by atoms with Gasteiger partial charge in [0.2, 0.25) is 5.95 Å². The van der Waals surface area contributed by atoms with Crippen LogP contribution in [0.1, 0.15) is 11.1 Å². The summed E-state index contributed by atoms with van der Waals surface area (Å²) < 4.78 is 3.98. The summed E-state index contributed by atoms with van der Waals surface area (Å²) in [4.78, 5) is 4.19. The van der Waals surface area contributed by atoms with E-state index in [1.807, 2.05) is 6.07 Å². The minimum absolute atomic E-state index is 0.354. The van der Waals surface area contributed by atoms with Crippen LogP contribution in [0.15, 0.2) is 18.2 Å². The lowest BCUT2D eigenvalue weighted by Crippen LogP contribution is -1.89. The van der Waals surface area contributed by atoms with Crippen LogP contribution in [0.2, 0.25) is 0 Å². The molecule has 0 aliphatic rings. The van der Waals surface area contributed by atoms with Gasteiger partial charge in [0, 0.05) is 5.56 Å². The zero-order valence-corrected chi connectivity index (χ0v) is 8.93. The summed E-state index contributed by atoms with van der Waals surface area (Å²) in [6, 6.07) is 6.18. The number of aryl methyl sites for hydroxylation is 2. The fourth-order valence-electron chi connectivity index (χ4n) is 1.49. The van der Waals surface area contributed by atoms with E-state index in [1.54, 1.807) is 0 Å². The summed E-state index contributed by atoms with van der Waals surface area (Å²) in [5.41, 5.74) is 9.08. The number of aromatic nitrogens is 2. The molecule has 0 saturated heterocycles. The highest BCUT2D eigenvalue weighted by Gasteiger charge is 2.09. The Morgan fingerprint density at radius 2 is 1.86 bits per heavy atom. The van der Waals surface area contributed by atoms with E-state index in [1.165, 1.54) is 22.7 Å². The molecule has 4 heteroatoms. The molecule has 0 spiro atoms. The van der Waals surface area contributed by atoms with Gasteiger partial charge in [0.05, 0.1) is 0 Å². The molecule has 2 rings (SSSR count). The van der Waals surface area contributed by atoms with E-state index in [2.05, 4.69) is 35.3 Å². The molecule has 14 heavy (non-hydrogen) atoms. The average Bonchev–Trinajstić information content (AvgIpc) is 2.51. The molecular formula is C10H11N3S. The second-order valence-corrected chi connectivity index (χ2v) is 3.98. The standard InChI is InChI=1S/C10H11N3S/c1-6-4-3-5-7(2)8(6)9-12-10(11)13-14-9/h3-5H,1-2H3,(H2,11,13). The van der Waals surface area contributed by atoms with Crippen molar-refractivity contribution in [2.45, 2.75) is 13.8 Å². The van der Waals surface area contributed by atoms with E-state index < -0.39 is 0 Å². The highest BCUT2D eigenvalue weighted by atomic mass is 32.1. The number of benzene rings is 1. The quantitative estimate of drug-likeness (QED) is 0.777. The van der Waals surface area contributed by atoms with Gasteiger partial charge in [0.1, 0.15) is 5.01 Å². The van der Waals surface area contributed by atoms with Crippen molar-refractivity contribution >= 4 is 17.5 Å². The summed E-state index contributed by atoms with van der Waals surface area (Å²) in [6.45, 7) is 4.14. The van der Waals surface area contributed by atoms with Gasteiger partial charge in [-0.2, -0.15) is 9.36 Å². The fraction of sp³-hybridized carbons (Fsp3) is 0.200. The second kappa shape index (κ2) is 3.38. The Bertz CT molecular complexity index is 442. The smallest absolute Gasteiger partial charge is 0.232 e. The molecule has 0 unspecified atom stereocenters. The van der Waals surface area contributed by atoms with Crippen LogP contribution in [0.4, 0.5) is 5.95 Å². The SMILES string of the molecule is Cc1cccc(C)c1-c1nc(N)ns1. The molecule has 2 N–H and O–H groups in total.